The lowest BCUT2D eigenvalue weighted by Gasteiger charge is -2.35. The molecule has 0 amide bonds. The molecule has 2 nitrogen and oxygen atoms in total. The van der Waals surface area contributed by atoms with Gasteiger partial charge < -0.3 is 4.90 Å². The molecule has 2 fully saturated rings. The number of rotatable bonds is 5. The molecule has 0 radical (unpaired) electrons. The van der Waals surface area contributed by atoms with Crippen LogP contribution >= 0.6 is 0 Å². The Balaban J connectivity index is 1.42. The lowest BCUT2D eigenvalue weighted by Crippen LogP contribution is -2.43. The summed E-state index contributed by atoms with van der Waals surface area (Å²) in [7, 11) is 0. The normalized spacial score (nSPS) is 25.6. The first-order valence-corrected chi connectivity index (χ1v) is 10.4. The van der Waals surface area contributed by atoms with Gasteiger partial charge in [0, 0.05) is 25.2 Å². The molecule has 4 rings (SSSR count). The predicted molar refractivity (Wildman–Crippen MR) is 109 cm³/mol. The molecule has 2 saturated heterocycles. The van der Waals surface area contributed by atoms with Crippen LogP contribution in [-0.4, -0.2) is 42.0 Å². The van der Waals surface area contributed by atoms with Crippen LogP contribution in [0.4, 0.5) is 0 Å². The van der Waals surface area contributed by atoms with Crippen molar-refractivity contribution in [1.82, 2.24) is 9.80 Å². The van der Waals surface area contributed by atoms with E-state index < -0.39 is 0 Å². The summed E-state index contributed by atoms with van der Waals surface area (Å²) >= 11 is 0. The van der Waals surface area contributed by atoms with Gasteiger partial charge >= 0.3 is 0 Å². The fraction of sp³-hybridized carbons (Fsp3) is 0.500. The van der Waals surface area contributed by atoms with E-state index in [-0.39, 0.29) is 0 Å². The van der Waals surface area contributed by atoms with Crippen LogP contribution in [0.2, 0.25) is 0 Å². The second kappa shape index (κ2) is 8.37. The van der Waals surface area contributed by atoms with E-state index in [4.69, 9.17) is 0 Å². The topological polar surface area (TPSA) is 6.48 Å². The van der Waals surface area contributed by atoms with Gasteiger partial charge in [-0.25, -0.2) is 0 Å². The van der Waals surface area contributed by atoms with Crippen molar-refractivity contribution in [3.8, 4) is 0 Å². The van der Waals surface area contributed by atoms with Crippen molar-refractivity contribution in [2.45, 2.75) is 44.7 Å². The summed E-state index contributed by atoms with van der Waals surface area (Å²) in [6.07, 6.45) is 5.33. The molecule has 0 bridgehead atoms. The standard InChI is InChI=1S/C24H32N2/c1-20(22-11-6-3-7-12-22)26-18-15-23-13-8-16-25(19-24(23)26)17-14-21-9-4-2-5-10-21/h2-7,9-12,20,23-24H,8,13-19H2,1H3. The van der Waals surface area contributed by atoms with Crippen LogP contribution in [-0.2, 0) is 6.42 Å². The van der Waals surface area contributed by atoms with Gasteiger partial charge in [-0.1, -0.05) is 60.7 Å². The van der Waals surface area contributed by atoms with E-state index in [1.54, 1.807) is 0 Å². The zero-order valence-corrected chi connectivity index (χ0v) is 16.1. The van der Waals surface area contributed by atoms with Crippen LogP contribution in [0.3, 0.4) is 0 Å². The van der Waals surface area contributed by atoms with Crippen molar-refractivity contribution in [1.29, 1.82) is 0 Å². The van der Waals surface area contributed by atoms with Gasteiger partial charge in [0.1, 0.15) is 0 Å². The summed E-state index contributed by atoms with van der Waals surface area (Å²) in [4.78, 5) is 5.52. The van der Waals surface area contributed by atoms with Gasteiger partial charge in [0.2, 0.25) is 0 Å². The Morgan fingerprint density at radius 2 is 1.65 bits per heavy atom. The van der Waals surface area contributed by atoms with Crippen molar-refractivity contribution in [3.05, 3.63) is 71.8 Å². The minimum Gasteiger partial charge on any atom is -0.301 e. The van der Waals surface area contributed by atoms with E-state index in [0.29, 0.717) is 6.04 Å². The Hall–Kier alpha value is -1.64. The van der Waals surface area contributed by atoms with E-state index in [2.05, 4.69) is 77.4 Å². The van der Waals surface area contributed by atoms with Crippen molar-refractivity contribution < 1.29 is 0 Å². The summed E-state index contributed by atoms with van der Waals surface area (Å²) in [6, 6.07) is 23.3. The van der Waals surface area contributed by atoms with Gasteiger partial charge in [0.15, 0.2) is 0 Å². The molecule has 2 heterocycles. The first-order chi connectivity index (χ1) is 12.8. The van der Waals surface area contributed by atoms with Gasteiger partial charge in [-0.05, 0) is 62.7 Å². The van der Waals surface area contributed by atoms with Crippen molar-refractivity contribution in [2.75, 3.05) is 26.2 Å². The Labute approximate surface area is 158 Å². The van der Waals surface area contributed by atoms with E-state index >= 15 is 0 Å². The van der Waals surface area contributed by atoms with Gasteiger partial charge in [0.25, 0.3) is 0 Å². The van der Waals surface area contributed by atoms with Crippen LogP contribution in [0.15, 0.2) is 60.7 Å². The predicted octanol–water partition coefficient (Wildman–Crippen LogP) is 4.78. The number of nitrogens with zero attached hydrogens (tertiary/aromatic N) is 2. The molecule has 0 saturated carbocycles. The maximum Gasteiger partial charge on any atom is 0.0323 e. The Kier molecular flexibility index (Phi) is 5.72. The van der Waals surface area contributed by atoms with Gasteiger partial charge in [-0.2, -0.15) is 0 Å². The summed E-state index contributed by atoms with van der Waals surface area (Å²) in [6.45, 7) is 7.37. The number of hydrogen-bond donors (Lipinski definition) is 0. The molecule has 0 aromatic heterocycles. The SMILES string of the molecule is CC(c1ccccc1)N1CCC2CCCN(CCc3ccccc3)CC21. The van der Waals surface area contributed by atoms with Crippen LogP contribution in [0.25, 0.3) is 0 Å². The molecule has 0 spiro atoms. The molecule has 2 aromatic carbocycles. The lowest BCUT2D eigenvalue weighted by molar-refractivity contribution is 0.134. The molecule has 26 heavy (non-hydrogen) atoms. The minimum atomic E-state index is 0.528. The number of likely N-dealkylation sites (tertiary alicyclic amines) is 2. The van der Waals surface area contributed by atoms with E-state index in [0.717, 1.165) is 12.0 Å². The first kappa shape index (κ1) is 17.8. The van der Waals surface area contributed by atoms with E-state index in [1.165, 1.54) is 63.0 Å². The van der Waals surface area contributed by atoms with Crippen molar-refractivity contribution >= 4 is 0 Å². The zero-order chi connectivity index (χ0) is 17.8. The molecule has 2 aromatic rings. The second-order valence-corrected chi connectivity index (χ2v) is 8.12. The van der Waals surface area contributed by atoms with Crippen LogP contribution < -0.4 is 0 Å². The molecule has 0 N–H and O–H groups in total. The number of fused-ring (bicyclic) bond motifs is 1. The summed E-state index contributed by atoms with van der Waals surface area (Å²) < 4.78 is 0. The molecule has 2 aliphatic rings. The van der Waals surface area contributed by atoms with E-state index in [9.17, 15) is 0 Å². The fourth-order valence-electron chi connectivity index (χ4n) is 5.01. The average Bonchev–Trinajstić information content (AvgIpc) is 2.98. The third-order valence-corrected chi connectivity index (χ3v) is 6.56. The Bertz CT molecular complexity index is 669. The molecule has 3 unspecified atom stereocenters. The molecule has 3 atom stereocenters. The number of hydrogen-bond acceptors (Lipinski definition) is 2. The van der Waals surface area contributed by atoms with E-state index in [1.807, 2.05) is 0 Å². The summed E-state index contributed by atoms with van der Waals surface area (Å²) in [5.41, 5.74) is 2.93. The highest BCUT2D eigenvalue weighted by atomic mass is 15.3. The van der Waals surface area contributed by atoms with Crippen LogP contribution in [0.1, 0.15) is 43.4 Å². The molecular weight excluding hydrogens is 316 g/mol. The Morgan fingerprint density at radius 3 is 2.42 bits per heavy atom. The smallest absolute Gasteiger partial charge is 0.0323 e. The fourth-order valence-corrected chi connectivity index (χ4v) is 5.01. The molecule has 0 aliphatic carbocycles. The molecule has 2 heteroatoms. The van der Waals surface area contributed by atoms with Crippen LogP contribution in [0.5, 0.6) is 0 Å². The second-order valence-electron chi connectivity index (χ2n) is 8.12. The number of benzene rings is 2. The van der Waals surface area contributed by atoms with Gasteiger partial charge in [-0.3, -0.25) is 4.90 Å². The minimum absolute atomic E-state index is 0.528. The zero-order valence-electron chi connectivity index (χ0n) is 16.1. The molecular formula is C24H32N2. The highest BCUT2D eigenvalue weighted by Gasteiger charge is 2.38. The summed E-state index contributed by atoms with van der Waals surface area (Å²) in [5.74, 6) is 0.892. The quantitative estimate of drug-likeness (QED) is 0.767. The largest absolute Gasteiger partial charge is 0.301 e. The third kappa shape index (κ3) is 4.02. The molecule has 2 aliphatic heterocycles. The van der Waals surface area contributed by atoms with Crippen LogP contribution in [0, 0.1) is 5.92 Å². The highest BCUT2D eigenvalue weighted by molar-refractivity contribution is 5.19. The Morgan fingerprint density at radius 1 is 0.923 bits per heavy atom. The highest BCUT2D eigenvalue weighted by Crippen LogP contribution is 2.36. The third-order valence-electron chi connectivity index (χ3n) is 6.56. The summed E-state index contributed by atoms with van der Waals surface area (Å²) in [5, 5.41) is 0. The van der Waals surface area contributed by atoms with Gasteiger partial charge in [-0.15, -0.1) is 0 Å². The molecule has 138 valence electrons. The maximum atomic E-state index is 2.79. The maximum absolute atomic E-state index is 2.79. The first-order valence-electron chi connectivity index (χ1n) is 10.4. The van der Waals surface area contributed by atoms with Gasteiger partial charge in [0.05, 0.1) is 0 Å². The van der Waals surface area contributed by atoms with Crippen molar-refractivity contribution in [3.63, 3.8) is 0 Å². The average molecular weight is 349 g/mol. The monoisotopic (exact) mass is 348 g/mol. The van der Waals surface area contributed by atoms with Crippen molar-refractivity contribution in [2.24, 2.45) is 5.92 Å². The lowest BCUT2D eigenvalue weighted by atomic mass is 9.95.